The SMILES string of the molecule is CC1=CC[C@@H]2C(=O)N(CC(=O)O)C(=O)[C@@H]2C1. The van der Waals surface area contributed by atoms with Crippen molar-refractivity contribution in [1.29, 1.82) is 0 Å². The highest BCUT2D eigenvalue weighted by molar-refractivity contribution is 6.07. The first-order valence-corrected chi connectivity index (χ1v) is 5.23. The molecule has 0 spiro atoms. The molecule has 16 heavy (non-hydrogen) atoms. The van der Waals surface area contributed by atoms with Crippen LogP contribution in [0.25, 0.3) is 0 Å². The lowest BCUT2D eigenvalue weighted by molar-refractivity contribution is -0.149. The van der Waals surface area contributed by atoms with E-state index in [1.165, 1.54) is 0 Å². The molecule has 2 aliphatic rings. The molecule has 0 saturated carbocycles. The number of rotatable bonds is 2. The molecule has 1 aliphatic carbocycles. The van der Waals surface area contributed by atoms with Gasteiger partial charge in [-0.2, -0.15) is 0 Å². The summed E-state index contributed by atoms with van der Waals surface area (Å²) in [4.78, 5) is 35.1. The van der Waals surface area contributed by atoms with Crippen molar-refractivity contribution >= 4 is 17.8 Å². The number of fused-ring (bicyclic) bond motifs is 1. The van der Waals surface area contributed by atoms with E-state index in [9.17, 15) is 14.4 Å². The van der Waals surface area contributed by atoms with Crippen LogP contribution >= 0.6 is 0 Å². The van der Waals surface area contributed by atoms with E-state index in [1.807, 2.05) is 13.0 Å². The fourth-order valence-corrected chi connectivity index (χ4v) is 2.40. The number of carbonyl (C=O) groups excluding carboxylic acids is 2. The first-order chi connectivity index (χ1) is 7.50. The smallest absolute Gasteiger partial charge is 0.323 e. The van der Waals surface area contributed by atoms with Crippen LogP contribution in [0.2, 0.25) is 0 Å². The van der Waals surface area contributed by atoms with Crippen LogP contribution in [0, 0.1) is 11.8 Å². The maximum atomic E-state index is 11.8. The highest BCUT2D eigenvalue weighted by Crippen LogP contribution is 2.37. The number of carbonyl (C=O) groups is 3. The fraction of sp³-hybridized carbons (Fsp3) is 0.545. The third-order valence-corrected chi connectivity index (χ3v) is 3.21. The van der Waals surface area contributed by atoms with E-state index < -0.39 is 12.5 Å². The van der Waals surface area contributed by atoms with Gasteiger partial charge in [-0.1, -0.05) is 11.6 Å². The van der Waals surface area contributed by atoms with Gasteiger partial charge in [0.05, 0.1) is 11.8 Å². The van der Waals surface area contributed by atoms with Gasteiger partial charge in [0.15, 0.2) is 0 Å². The summed E-state index contributed by atoms with van der Waals surface area (Å²) in [6.45, 7) is 1.41. The van der Waals surface area contributed by atoms with E-state index in [2.05, 4.69) is 0 Å². The van der Waals surface area contributed by atoms with Crippen LogP contribution in [0.3, 0.4) is 0 Å². The lowest BCUT2D eigenvalue weighted by Crippen LogP contribution is -2.35. The van der Waals surface area contributed by atoms with Gasteiger partial charge in [-0.15, -0.1) is 0 Å². The van der Waals surface area contributed by atoms with Gasteiger partial charge in [0.25, 0.3) is 0 Å². The Morgan fingerprint density at radius 1 is 1.44 bits per heavy atom. The zero-order chi connectivity index (χ0) is 11.9. The second kappa shape index (κ2) is 3.73. The van der Waals surface area contributed by atoms with Crippen molar-refractivity contribution in [2.24, 2.45) is 11.8 Å². The van der Waals surface area contributed by atoms with Gasteiger partial charge < -0.3 is 5.11 Å². The van der Waals surface area contributed by atoms with Gasteiger partial charge in [-0.3, -0.25) is 19.3 Å². The fourth-order valence-electron chi connectivity index (χ4n) is 2.40. The van der Waals surface area contributed by atoms with Crippen LogP contribution in [0.1, 0.15) is 19.8 Å². The quantitative estimate of drug-likeness (QED) is 0.543. The lowest BCUT2D eigenvalue weighted by atomic mass is 9.82. The summed E-state index contributed by atoms with van der Waals surface area (Å²) in [5.41, 5.74) is 1.10. The number of carboxylic acids is 1. The van der Waals surface area contributed by atoms with Crippen LogP contribution in [-0.4, -0.2) is 34.3 Å². The van der Waals surface area contributed by atoms with E-state index in [0.29, 0.717) is 12.8 Å². The summed E-state index contributed by atoms with van der Waals surface area (Å²) < 4.78 is 0. The van der Waals surface area contributed by atoms with Crippen molar-refractivity contribution < 1.29 is 19.5 Å². The van der Waals surface area contributed by atoms with E-state index in [-0.39, 0.29) is 23.7 Å². The zero-order valence-corrected chi connectivity index (χ0v) is 8.97. The van der Waals surface area contributed by atoms with Gasteiger partial charge in [-0.05, 0) is 19.8 Å². The average molecular weight is 223 g/mol. The molecule has 1 saturated heterocycles. The van der Waals surface area contributed by atoms with Crippen LogP contribution in [0.15, 0.2) is 11.6 Å². The second-order valence-electron chi connectivity index (χ2n) is 4.36. The molecule has 0 unspecified atom stereocenters. The molecule has 5 nitrogen and oxygen atoms in total. The number of likely N-dealkylation sites (tertiary alicyclic amines) is 1. The highest BCUT2D eigenvalue weighted by atomic mass is 16.4. The summed E-state index contributed by atoms with van der Waals surface area (Å²) >= 11 is 0. The number of amides is 2. The van der Waals surface area contributed by atoms with E-state index >= 15 is 0 Å². The first-order valence-electron chi connectivity index (χ1n) is 5.23. The van der Waals surface area contributed by atoms with Gasteiger partial charge in [0.2, 0.25) is 11.8 Å². The number of carboxylic acid groups (broad SMARTS) is 1. The minimum absolute atomic E-state index is 0.329. The van der Waals surface area contributed by atoms with Crippen molar-refractivity contribution in [2.45, 2.75) is 19.8 Å². The van der Waals surface area contributed by atoms with Crippen molar-refractivity contribution in [3.8, 4) is 0 Å². The Morgan fingerprint density at radius 3 is 2.69 bits per heavy atom. The normalized spacial score (nSPS) is 29.1. The zero-order valence-electron chi connectivity index (χ0n) is 8.97. The maximum Gasteiger partial charge on any atom is 0.323 e. The van der Waals surface area contributed by atoms with Crippen LogP contribution in [0.4, 0.5) is 0 Å². The molecule has 1 aliphatic heterocycles. The molecule has 86 valence electrons. The first kappa shape index (κ1) is 10.9. The Hall–Kier alpha value is -1.65. The minimum Gasteiger partial charge on any atom is -0.480 e. The largest absolute Gasteiger partial charge is 0.480 e. The molecule has 2 atom stereocenters. The minimum atomic E-state index is -1.15. The lowest BCUT2D eigenvalue weighted by Gasteiger charge is -2.19. The third-order valence-electron chi connectivity index (χ3n) is 3.21. The molecule has 0 bridgehead atoms. The molecule has 1 fully saturated rings. The summed E-state index contributed by atoms with van der Waals surface area (Å²) in [7, 11) is 0. The number of hydrogen-bond acceptors (Lipinski definition) is 3. The molecule has 0 aromatic heterocycles. The Morgan fingerprint density at radius 2 is 2.06 bits per heavy atom. The van der Waals surface area contributed by atoms with E-state index in [1.54, 1.807) is 0 Å². The van der Waals surface area contributed by atoms with E-state index in [0.717, 1.165) is 10.5 Å². The Balaban J connectivity index is 2.21. The third kappa shape index (κ3) is 1.62. The number of nitrogens with zero attached hydrogens (tertiary/aromatic N) is 1. The maximum absolute atomic E-state index is 11.8. The molecule has 0 aromatic carbocycles. The second-order valence-corrected chi connectivity index (χ2v) is 4.36. The Labute approximate surface area is 92.7 Å². The Bertz CT molecular complexity index is 399. The van der Waals surface area contributed by atoms with Crippen molar-refractivity contribution in [3.63, 3.8) is 0 Å². The molecule has 2 amide bonds. The van der Waals surface area contributed by atoms with Gasteiger partial charge in [-0.25, -0.2) is 0 Å². The molecule has 0 radical (unpaired) electrons. The van der Waals surface area contributed by atoms with Crippen LogP contribution < -0.4 is 0 Å². The molecule has 1 heterocycles. The molecular weight excluding hydrogens is 210 g/mol. The molecule has 2 rings (SSSR count). The molecule has 1 N–H and O–H groups in total. The summed E-state index contributed by atoms with van der Waals surface area (Å²) in [6, 6.07) is 0. The predicted molar refractivity (Wildman–Crippen MR) is 54.3 cm³/mol. The van der Waals surface area contributed by atoms with Crippen LogP contribution in [0.5, 0.6) is 0 Å². The molecule has 5 heteroatoms. The van der Waals surface area contributed by atoms with Crippen molar-refractivity contribution in [2.75, 3.05) is 6.54 Å². The Kier molecular flexibility index (Phi) is 2.53. The van der Waals surface area contributed by atoms with Crippen molar-refractivity contribution in [1.82, 2.24) is 4.90 Å². The van der Waals surface area contributed by atoms with Crippen molar-refractivity contribution in [3.05, 3.63) is 11.6 Å². The molecule has 0 aromatic rings. The topological polar surface area (TPSA) is 74.7 Å². The number of imide groups is 1. The summed E-state index contributed by atoms with van der Waals surface area (Å²) in [5, 5.41) is 8.64. The van der Waals surface area contributed by atoms with Gasteiger partial charge in [0.1, 0.15) is 6.54 Å². The average Bonchev–Trinajstić information content (AvgIpc) is 2.43. The number of allylic oxidation sites excluding steroid dienone is 2. The predicted octanol–water partition coefficient (Wildman–Crippen LogP) is 0.412. The standard InChI is InChI=1S/C11H13NO4/c1-6-2-3-7-8(4-6)11(16)12(10(7)15)5-9(13)14/h2,7-8H,3-5H2,1H3,(H,13,14)/t7-,8+/m0/s1. The van der Waals surface area contributed by atoms with E-state index in [4.69, 9.17) is 5.11 Å². The monoisotopic (exact) mass is 223 g/mol. The summed E-state index contributed by atoms with van der Waals surface area (Å²) in [6.07, 6.45) is 3.08. The highest BCUT2D eigenvalue weighted by Gasteiger charge is 2.48. The van der Waals surface area contributed by atoms with Gasteiger partial charge >= 0.3 is 5.97 Å². The molecular formula is C11H13NO4. The van der Waals surface area contributed by atoms with Gasteiger partial charge in [0, 0.05) is 0 Å². The number of hydrogen-bond donors (Lipinski definition) is 1. The number of aliphatic carboxylic acids is 1. The van der Waals surface area contributed by atoms with Crippen LogP contribution in [-0.2, 0) is 14.4 Å². The summed E-state index contributed by atoms with van der Waals surface area (Å²) in [5.74, 6) is -2.48.